The predicted molar refractivity (Wildman–Crippen MR) is 87.5 cm³/mol. The van der Waals surface area contributed by atoms with E-state index in [1.165, 1.54) is 27.8 Å². The van der Waals surface area contributed by atoms with Crippen LogP contribution in [0, 0.1) is 12.8 Å². The van der Waals surface area contributed by atoms with Crippen LogP contribution in [0.1, 0.15) is 37.8 Å². The molecule has 0 radical (unpaired) electrons. The van der Waals surface area contributed by atoms with Gasteiger partial charge in [-0.05, 0) is 53.5 Å². The first-order chi connectivity index (χ1) is 9.65. The second-order valence-electron chi connectivity index (χ2n) is 6.13. The summed E-state index contributed by atoms with van der Waals surface area (Å²) in [7, 11) is 0. The van der Waals surface area contributed by atoms with E-state index in [1.54, 1.807) is 5.57 Å². The Labute approximate surface area is 122 Å². The minimum Gasteiger partial charge on any atom is -0.0801 e. The van der Waals surface area contributed by atoms with Crippen molar-refractivity contribution in [3.05, 3.63) is 76.4 Å². The topological polar surface area (TPSA) is 0 Å². The summed E-state index contributed by atoms with van der Waals surface area (Å²) in [4.78, 5) is 0. The summed E-state index contributed by atoms with van der Waals surface area (Å²) in [5.74, 6) is 0.592. The molecule has 2 aliphatic carbocycles. The molecule has 0 saturated carbocycles. The van der Waals surface area contributed by atoms with Crippen LogP contribution in [0.4, 0.5) is 0 Å². The molecular weight excluding hydrogens is 240 g/mol. The number of aryl methyl sites for hydroxylation is 1. The summed E-state index contributed by atoms with van der Waals surface area (Å²) in [6.07, 6.45) is 11.3. The quantitative estimate of drug-likeness (QED) is 0.663. The van der Waals surface area contributed by atoms with Crippen LogP contribution in [0.2, 0.25) is 0 Å². The van der Waals surface area contributed by atoms with Crippen LogP contribution in [0.3, 0.4) is 0 Å². The SMILES string of the molecule is Cc1ccc(C2=CC(C(C)C)=C(C3=CC=CC3)C2)cc1. The second-order valence-corrected chi connectivity index (χ2v) is 6.13. The lowest BCUT2D eigenvalue weighted by Gasteiger charge is -2.11. The van der Waals surface area contributed by atoms with Crippen molar-refractivity contribution in [1.29, 1.82) is 0 Å². The summed E-state index contributed by atoms with van der Waals surface area (Å²) in [6, 6.07) is 8.92. The molecule has 20 heavy (non-hydrogen) atoms. The van der Waals surface area contributed by atoms with E-state index in [-0.39, 0.29) is 0 Å². The molecule has 0 aromatic heterocycles. The molecule has 0 atom stereocenters. The van der Waals surface area contributed by atoms with Crippen LogP contribution in [0.5, 0.6) is 0 Å². The van der Waals surface area contributed by atoms with Gasteiger partial charge in [-0.3, -0.25) is 0 Å². The number of hydrogen-bond acceptors (Lipinski definition) is 0. The molecule has 0 saturated heterocycles. The van der Waals surface area contributed by atoms with Crippen molar-refractivity contribution in [2.75, 3.05) is 0 Å². The van der Waals surface area contributed by atoms with Crippen LogP contribution >= 0.6 is 0 Å². The summed E-state index contributed by atoms with van der Waals surface area (Å²) in [5, 5.41) is 0. The first-order valence-electron chi connectivity index (χ1n) is 7.52. The van der Waals surface area contributed by atoms with E-state index in [1.807, 2.05) is 0 Å². The highest BCUT2D eigenvalue weighted by Crippen LogP contribution is 2.40. The molecule has 1 aromatic carbocycles. The molecule has 0 heterocycles. The van der Waals surface area contributed by atoms with E-state index < -0.39 is 0 Å². The van der Waals surface area contributed by atoms with Gasteiger partial charge in [0.1, 0.15) is 0 Å². The smallest absolute Gasteiger partial charge is 0.00140 e. The van der Waals surface area contributed by atoms with Gasteiger partial charge in [-0.15, -0.1) is 0 Å². The first kappa shape index (κ1) is 13.2. The van der Waals surface area contributed by atoms with Crippen LogP contribution in [-0.4, -0.2) is 0 Å². The molecule has 0 amide bonds. The third-order valence-electron chi connectivity index (χ3n) is 4.25. The molecular formula is C20H22. The summed E-state index contributed by atoms with van der Waals surface area (Å²) < 4.78 is 0. The second kappa shape index (κ2) is 5.28. The Morgan fingerprint density at radius 3 is 2.35 bits per heavy atom. The molecule has 102 valence electrons. The van der Waals surface area contributed by atoms with Gasteiger partial charge in [0.25, 0.3) is 0 Å². The summed E-state index contributed by atoms with van der Waals surface area (Å²) in [6.45, 7) is 6.74. The van der Waals surface area contributed by atoms with Crippen molar-refractivity contribution in [2.45, 2.75) is 33.6 Å². The zero-order valence-corrected chi connectivity index (χ0v) is 12.6. The Bertz CT molecular complexity index is 631. The Morgan fingerprint density at radius 1 is 1.00 bits per heavy atom. The third-order valence-corrected chi connectivity index (χ3v) is 4.25. The summed E-state index contributed by atoms with van der Waals surface area (Å²) >= 11 is 0. The third kappa shape index (κ3) is 2.43. The van der Waals surface area contributed by atoms with Gasteiger partial charge in [0.2, 0.25) is 0 Å². The Kier molecular flexibility index (Phi) is 3.48. The van der Waals surface area contributed by atoms with Gasteiger partial charge in [-0.25, -0.2) is 0 Å². The van der Waals surface area contributed by atoms with Crippen molar-refractivity contribution >= 4 is 5.57 Å². The predicted octanol–water partition coefficient (Wildman–Crippen LogP) is 5.62. The zero-order valence-electron chi connectivity index (χ0n) is 12.6. The Hall–Kier alpha value is -1.82. The van der Waals surface area contributed by atoms with Crippen molar-refractivity contribution in [2.24, 2.45) is 5.92 Å². The zero-order chi connectivity index (χ0) is 14.1. The lowest BCUT2D eigenvalue weighted by molar-refractivity contribution is 0.784. The van der Waals surface area contributed by atoms with Gasteiger partial charge in [0, 0.05) is 0 Å². The molecule has 1 aromatic rings. The average molecular weight is 262 g/mol. The maximum absolute atomic E-state index is 2.42. The van der Waals surface area contributed by atoms with E-state index in [0.717, 1.165) is 12.8 Å². The van der Waals surface area contributed by atoms with Gasteiger partial charge in [-0.2, -0.15) is 0 Å². The maximum Gasteiger partial charge on any atom is -0.00140 e. The molecule has 0 spiro atoms. The Morgan fingerprint density at radius 2 is 1.75 bits per heavy atom. The largest absolute Gasteiger partial charge is 0.0801 e. The number of hydrogen-bond donors (Lipinski definition) is 0. The van der Waals surface area contributed by atoms with Gasteiger partial charge in [-0.1, -0.05) is 68.0 Å². The number of rotatable bonds is 3. The van der Waals surface area contributed by atoms with Crippen LogP contribution in [0.25, 0.3) is 5.57 Å². The lowest BCUT2D eigenvalue weighted by Crippen LogP contribution is -1.95. The van der Waals surface area contributed by atoms with E-state index >= 15 is 0 Å². The van der Waals surface area contributed by atoms with E-state index in [4.69, 9.17) is 0 Å². The van der Waals surface area contributed by atoms with Crippen molar-refractivity contribution in [1.82, 2.24) is 0 Å². The average Bonchev–Trinajstić information content (AvgIpc) is 3.08. The summed E-state index contributed by atoms with van der Waals surface area (Å²) in [5.41, 5.74) is 8.75. The van der Waals surface area contributed by atoms with Crippen LogP contribution < -0.4 is 0 Å². The fourth-order valence-electron chi connectivity index (χ4n) is 3.06. The van der Waals surface area contributed by atoms with Crippen molar-refractivity contribution in [3.8, 4) is 0 Å². The molecule has 0 N–H and O–H groups in total. The highest BCUT2D eigenvalue weighted by atomic mass is 14.3. The van der Waals surface area contributed by atoms with Crippen molar-refractivity contribution < 1.29 is 0 Å². The van der Waals surface area contributed by atoms with Gasteiger partial charge >= 0.3 is 0 Å². The van der Waals surface area contributed by atoms with Gasteiger partial charge in [0.15, 0.2) is 0 Å². The standard InChI is InChI=1S/C20H22/c1-14(2)19-12-18(16-10-8-15(3)9-11-16)13-20(19)17-6-4-5-7-17/h4-6,8-12,14H,7,13H2,1-3H3. The monoisotopic (exact) mass is 262 g/mol. The lowest BCUT2D eigenvalue weighted by atomic mass is 9.93. The molecule has 3 rings (SSSR count). The highest BCUT2D eigenvalue weighted by molar-refractivity contribution is 5.77. The van der Waals surface area contributed by atoms with Gasteiger partial charge in [0.05, 0.1) is 0 Å². The van der Waals surface area contributed by atoms with E-state index in [9.17, 15) is 0 Å². The van der Waals surface area contributed by atoms with E-state index in [0.29, 0.717) is 5.92 Å². The molecule has 0 nitrogen and oxygen atoms in total. The van der Waals surface area contributed by atoms with Gasteiger partial charge < -0.3 is 0 Å². The van der Waals surface area contributed by atoms with Crippen LogP contribution in [-0.2, 0) is 0 Å². The molecule has 2 aliphatic rings. The first-order valence-corrected chi connectivity index (χ1v) is 7.52. The fraction of sp³-hybridized carbons (Fsp3) is 0.300. The number of benzene rings is 1. The maximum atomic E-state index is 2.42. The molecule has 0 fully saturated rings. The number of allylic oxidation sites excluding steroid dienone is 8. The Balaban J connectivity index is 1.92. The van der Waals surface area contributed by atoms with Crippen molar-refractivity contribution in [3.63, 3.8) is 0 Å². The molecule has 0 unspecified atom stereocenters. The highest BCUT2D eigenvalue weighted by Gasteiger charge is 2.21. The fourth-order valence-corrected chi connectivity index (χ4v) is 3.06. The molecule has 0 heteroatoms. The molecule has 0 aliphatic heterocycles. The minimum atomic E-state index is 0.592. The minimum absolute atomic E-state index is 0.592. The van der Waals surface area contributed by atoms with Crippen LogP contribution in [0.15, 0.2) is 65.3 Å². The van der Waals surface area contributed by atoms with E-state index in [2.05, 4.69) is 69.3 Å². The molecule has 0 bridgehead atoms. The normalized spacial score (nSPS) is 18.0.